The minimum absolute atomic E-state index is 0. The second kappa shape index (κ2) is 9.01. The van der Waals surface area contributed by atoms with E-state index in [0.29, 0.717) is 23.5 Å². The number of halogens is 1. The molecule has 2 aromatic rings. The first-order chi connectivity index (χ1) is 12.4. The normalized spacial score (nSPS) is 19.0. The van der Waals surface area contributed by atoms with E-state index in [1.54, 1.807) is 17.0 Å². The van der Waals surface area contributed by atoms with E-state index >= 15 is 0 Å². The molecule has 2 heterocycles. The van der Waals surface area contributed by atoms with Gasteiger partial charge in [0.2, 0.25) is 0 Å². The van der Waals surface area contributed by atoms with Gasteiger partial charge in [-0.2, -0.15) is 0 Å². The fourth-order valence-electron chi connectivity index (χ4n) is 3.11. The molecule has 1 aromatic heterocycles. The van der Waals surface area contributed by atoms with Crippen LogP contribution in [0.5, 0.6) is 0 Å². The van der Waals surface area contributed by atoms with Crippen LogP contribution in [0.4, 0.5) is 5.69 Å². The average Bonchev–Trinajstić information content (AvgIpc) is 3.19. The van der Waals surface area contributed by atoms with Gasteiger partial charge in [0.25, 0.3) is 11.6 Å². The summed E-state index contributed by atoms with van der Waals surface area (Å²) in [6.45, 7) is 5.00. The molecule has 0 bridgehead atoms. The van der Waals surface area contributed by atoms with Crippen molar-refractivity contribution in [2.24, 2.45) is 11.7 Å². The second-order valence-corrected chi connectivity index (χ2v) is 8.59. The first-order valence-corrected chi connectivity index (χ1v) is 9.98. The number of hydrogen-bond donors (Lipinski definition) is 1. The summed E-state index contributed by atoms with van der Waals surface area (Å²) in [5.41, 5.74) is 6.86. The summed E-state index contributed by atoms with van der Waals surface area (Å²) in [7, 11) is 0. The number of likely N-dealkylation sites (tertiary alicyclic amines) is 1. The molecule has 1 amide bonds. The van der Waals surface area contributed by atoms with Crippen molar-refractivity contribution in [2.75, 3.05) is 13.1 Å². The Morgan fingerprint density at radius 1 is 1.52 bits per heavy atom. The van der Waals surface area contributed by atoms with Gasteiger partial charge in [0.05, 0.1) is 9.82 Å². The number of aromatic nitrogens is 1. The van der Waals surface area contributed by atoms with Gasteiger partial charge in [0.1, 0.15) is 0 Å². The first kappa shape index (κ1) is 21.6. The Labute approximate surface area is 171 Å². The number of nitrogens with two attached hydrogens (primary N) is 1. The van der Waals surface area contributed by atoms with E-state index in [1.807, 2.05) is 19.2 Å². The molecule has 2 N–H and O–H groups in total. The predicted octanol–water partition coefficient (Wildman–Crippen LogP) is 3.74. The standard InChI is InChI=1S/C17H20N4O3S2.ClH/c1-10-9-25-17(19-10)26-15-4-3-13(6-14(15)21(23)24)16(22)20-8-12(7-18)5-11(20)2;/h3-4,6,9,11-12H,5,7-8,18H2,1-2H3;1H. The minimum atomic E-state index is -0.449. The Morgan fingerprint density at radius 2 is 2.26 bits per heavy atom. The number of carbonyl (C=O) groups excluding carboxylic acids is 1. The highest BCUT2D eigenvalue weighted by molar-refractivity contribution is 8.01. The molecule has 2 unspecified atom stereocenters. The maximum absolute atomic E-state index is 12.8. The third-order valence-electron chi connectivity index (χ3n) is 4.45. The molecule has 7 nitrogen and oxygen atoms in total. The fourth-order valence-corrected chi connectivity index (χ4v) is 4.99. The molecule has 0 saturated carbocycles. The lowest BCUT2D eigenvalue weighted by atomic mass is 10.1. The molecule has 146 valence electrons. The van der Waals surface area contributed by atoms with Gasteiger partial charge < -0.3 is 10.6 Å². The Hall–Kier alpha value is -1.68. The Bertz CT molecular complexity index is 845. The van der Waals surface area contributed by atoms with Crippen LogP contribution in [0, 0.1) is 23.0 Å². The van der Waals surface area contributed by atoms with E-state index in [4.69, 9.17) is 5.73 Å². The van der Waals surface area contributed by atoms with Crippen molar-refractivity contribution >= 4 is 47.1 Å². The maximum atomic E-state index is 12.8. The van der Waals surface area contributed by atoms with Gasteiger partial charge in [-0.05, 0) is 44.9 Å². The van der Waals surface area contributed by atoms with Gasteiger partial charge in [0, 0.05) is 35.3 Å². The number of nitro benzene ring substituents is 1. The topological polar surface area (TPSA) is 102 Å². The monoisotopic (exact) mass is 428 g/mol. The number of amides is 1. The number of rotatable bonds is 5. The summed E-state index contributed by atoms with van der Waals surface area (Å²) in [6, 6.07) is 4.74. The number of nitrogens with zero attached hydrogens (tertiary/aromatic N) is 3. The smallest absolute Gasteiger partial charge is 0.284 e. The number of aryl methyl sites for hydroxylation is 1. The molecule has 3 rings (SSSR count). The van der Waals surface area contributed by atoms with Crippen LogP contribution in [0.1, 0.15) is 29.4 Å². The molecule has 1 fully saturated rings. The lowest BCUT2D eigenvalue weighted by Gasteiger charge is -2.21. The van der Waals surface area contributed by atoms with Crippen LogP contribution in [0.3, 0.4) is 0 Å². The summed E-state index contributed by atoms with van der Waals surface area (Å²) >= 11 is 2.69. The quantitative estimate of drug-likeness (QED) is 0.574. The summed E-state index contributed by atoms with van der Waals surface area (Å²) in [6.07, 6.45) is 0.863. The molecule has 0 aliphatic carbocycles. The Balaban J connectivity index is 0.00000261. The molecule has 0 radical (unpaired) electrons. The molecule has 10 heteroatoms. The van der Waals surface area contributed by atoms with Crippen molar-refractivity contribution in [3.05, 3.63) is 45.0 Å². The van der Waals surface area contributed by atoms with Crippen LogP contribution in [-0.2, 0) is 0 Å². The van der Waals surface area contributed by atoms with Crippen molar-refractivity contribution in [1.82, 2.24) is 9.88 Å². The summed E-state index contributed by atoms with van der Waals surface area (Å²) in [4.78, 5) is 30.4. The van der Waals surface area contributed by atoms with Crippen molar-refractivity contribution in [2.45, 2.75) is 35.5 Å². The largest absolute Gasteiger partial charge is 0.336 e. The van der Waals surface area contributed by atoms with Gasteiger partial charge >= 0.3 is 0 Å². The number of hydrogen-bond acceptors (Lipinski definition) is 7. The van der Waals surface area contributed by atoms with Crippen molar-refractivity contribution in [3.63, 3.8) is 0 Å². The second-order valence-electron chi connectivity index (χ2n) is 6.44. The summed E-state index contributed by atoms with van der Waals surface area (Å²) < 4.78 is 0.739. The van der Waals surface area contributed by atoms with Crippen LogP contribution in [-0.4, -0.2) is 39.8 Å². The van der Waals surface area contributed by atoms with E-state index in [1.165, 1.54) is 29.2 Å². The van der Waals surface area contributed by atoms with Gasteiger partial charge in [-0.25, -0.2) is 4.98 Å². The van der Waals surface area contributed by atoms with Crippen LogP contribution in [0.15, 0.2) is 32.8 Å². The summed E-state index contributed by atoms with van der Waals surface area (Å²) in [5, 5.41) is 13.4. The first-order valence-electron chi connectivity index (χ1n) is 8.28. The zero-order chi connectivity index (χ0) is 18.8. The highest BCUT2D eigenvalue weighted by Crippen LogP contribution is 2.37. The van der Waals surface area contributed by atoms with E-state index in [0.717, 1.165) is 16.5 Å². The Kier molecular flexibility index (Phi) is 7.21. The lowest BCUT2D eigenvalue weighted by Crippen LogP contribution is -2.34. The number of thiazole rings is 1. The molecule has 2 atom stereocenters. The minimum Gasteiger partial charge on any atom is -0.336 e. The van der Waals surface area contributed by atoms with E-state index < -0.39 is 4.92 Å². The zero-order valence-electron chi connectivity index (χ0n) is 15.0. The van der Waals surface area contributed by atoms with Crippen molar-refractivity contribution < 1.29 is 9.72 Å². The van der Waals surface area contributed by atoms with Crippen LogP contribution in [0.25, 0.3) is 0 Å². The molecule has 1 saturated heterocycles. The molecular weight excluding hydrogens is 408 g/mol. The van der Waals surface area contributed by atoms with Crippen molar-refractivity contribution in [1.29, 1.82) is 0 Å². The van der Waals surface area contributed by atoms with Gasteiger partial charge in [-0.15, -0.1) is 23.7 Å². The molecule has 27 heavy (non-hydrogen) atoms. The third kappa shape index (κ3) is 4.78. The number of benzene rings is 1. The van der Waals surface area contributed by atoms with Crippen molar-refractivity contribution in [3.8, 4) is 0 Å². The SMILES string of the molecule is Cc1csc(Sc2ccc(C(=O)N3CC(CN)CC3C)cc2[N+](=O)[O-])n1.Cl. The predicted molar refractivity (Wildman–Crippen MR) is 109 cm³/mol. The fraction of sp³-hybridized carbons (Fsp3) is 0.412. The molecular formula is C17H21ClN4O3S2. The molecule has 0 spiro atoms. The van der Waals surface area contributed by atoms with E-state index in [-0.39, 0.29) is 36.0 Å². The van der Waals surface area contributed by atoms with Crippen LogP contribution in [0.2, 0.25) is 0 Å². The highest BCUT2D eigenvalue weighted by Gasteiger charge is 2.33. The van der Waals surface area contributed by atoms with E-state index in [2.05, 4.69) is 4.98 Å². The summed E-state index contributed by atoms with van der Waals surface area (Å²) in [5.74, 6) is 0.102. The van der Waals surface area contributed by atoms with Gasteiger partial charge in [0.15, 0.2) is 4.34 Å². The lowest BCUT2D eigenvalue weighted by molar-refractivity contribution is -0.387. The third-order valence-corrected chi connectivity index (χ3v) is 6.57. The molecule has 1 aliphatic rings. The zero-order valence-corrected chi connectivity index (χ0v) is 17.4. The van der Waals surface area contributed by atoms with Crippen LogP contribution < -0.4 is 5.73 Å². The van der Waals surface area contributed by atoms with Gasteiger partial charge in [-0.1, -0.05) is 11.8 Å². The highest BCUT2D eigenvalue weighted by atomic mass is 35.5. The Morgan fingerprint density at radius 3 is 2.81 bits per heavy atom. The molecule has 1 aliphatic heterocycles. The number of carbonyl (C=O) groups is 1. The number of nitro groups is 1. The molecule has 1 aromatic carbocycles. The average molecular weight is 429 g/mol. The van der Waals surface area contributed by atoms with E-state index in [9.17, 15) is 14.9 Å². The van der Waals surface area contributed by atoms with Crippen LogP contribution >= 0.6 is 35.5 Å². The van der Waals surface area contributed by atoms with Gasteiger partial charge in [-0.3, -0.25) is 14.9 Å². The maximum Gasteiger partial charge on any atom is 0.284 e.